The third-order valence-electron chi connectivity index (χ3n) is 3.84. The lowest BCUT2D eigenvalue weighted by molar-refractivity contribution is 0.631. The second kappa shape index (κ2) is 8.23. The summed E-state index contributed by atoms with van der Waals surface area (Å²) in [5.41, 5.74) is 1.72. The van der Waals surface area contributed by atoms with Gasteiger partial charge in [-0.25, -0.2) is 9.37 Å². The molecule has 1 atom stereocenters. The topological polar surface area (TPSA) is 62.7 Å². The van der Waals surface area contributed by atoms with Gasteiger partial charge in [0.05, 0.1) is 17.1 Å². The van der Waals surface area contributed by atoms with Crippen molar-refractivity contribution in [2.75, 3.05) is 10.6 Å². The van der Waals surface area contributed by atoms with E-state index in [1.807, 2.05) is 18.2 Å². The van der Waals surface area contributed by atoms with Crippen molar-refractivity contribution >= 4 is 33.4 Å². The first kappa shape index (κ1) is 18.3. The molecule has 0 bridgehead atoms. The van der Waals surface area contributed by atoms with Gasteiger partial charge in [0.25, 0.3) is 0 Å². The molecular weight excluding hydrogens is 397 g/mol. The summed E-state index contributed by atoms with van der Waals surface area (Å²) in [6.07, 6.45) is 2.64. The van der Waals surface area contributed by atoms with Crippen molar-refractivity contribution in [2.24, 2.45) is 0 Å². The van der Waals surface area contributed by atoms with Gasteiger partial charge in [0.2, 0.25) is 5.95 Å². The summed E-state index contributed by atoms with van der Waals surface area (Å²) in [5, 5.41) is 6.29. The van der Waals surface area contributed by atoms with Crippen LogP contribution in [0.1, 0.15) is 20.3 Å². The van der Waals surface area contributed by atoms with Crippen LogP contribution in [-0.4, -0.2) is 21.0 Å². The van der Waals surface area contributed by atoms with Crippen molar-refractivity contribution in [3.8, 4) is 11.4 Å². The Morgan fingerprint density at radius 3 is 2.65 bits per heavy atom. The second-order valence-corrected chi connectivity index (χ2v) is 6.80. The van der Waals surface area contributed by atoms with E-state index in [4.69, 9.17) is 0 Å². The molecular formula is C19H19BrFN5. The smallest absolute Gasteiger partial charge is 0.225 e. The minimum absolute atomic E-state index is 0.214. The lowest BCUT2D eigenvalue weighted by Crippen LogP contribution is -2.16. The van der Waals surface area contributed by atoms with Crippen LogP contribution in [0.2, 0.25) is 0 Å². The van der Waals surface area contributed by atoms with Crippen LogP contribution in [-0.2, 0) is 0 Å². The normalized spacial score (nSPS) is 11.8. The summed E-state index contributed by atoms with van der Waals surface area (Å²) in [4.78, 5) is 13.4. The highest BCUT2D eigenvalue weighted by Gasteiger charge is 2.11. The predicted octanol–water partition coefficient (Wildman–Crippen LogP) is 5.39. The van der Waals surface area contributed by atoms with Crippen molar-refractivity contribution < 1.29 is 4.39 Å². The molecule has 0 unspecified atom stereocenters. The van der Waals surface area contributed by atoms with Gasteiger partial charge in [-0.2, -0.15) is 4.98 Å². The average Bonchev–Trinajstić information content (AvgIpc) is 2.64. The number of benzene rings is 1. The zero-order valence-corrected chi connectivity index (χ0v) is 16.1. The monoisotopic (exact) mass is 415 g/mol. The van der Waals surface area contributed by atoms with Gasteiger partial charge in [0.1, 0.15) is 11.6 Å². The molecule has 0 aliphatic rings. The number of nitrogens with zero attached hydrogens (tertiary/aromatic N) is 3. The molecule has 0 amide bonds. The summed E-state index contributed by atoms with van der Waals surface area (Å²) in [5.74, 6) is 0.601. The Labute approximate surface area is 160 Å². The molecule has 0 aliphatic carbocycles. The SMILES string of the molecule is CC[C@@H](C)Nc1nc(Nc2ccc(Br)cc2F)cc(-c2ccccn2)n1. The fourth-order valence-corrected chi connectivity index (χ4v) is 2.61. The fraction of sp³-hybridized carbons (Fsp3) is 0.211. The summed E-state index contributed by atoms with van der Waals surface area (Å²) in [6.45, 7) is 4.13. The summed E-state index contributed by atoms with van der Waals surface area (Å²) < 4.78 is 14.8. The molecule has 3 rings (SSSR count). The summed E-state index contributed by atoms with van der Waals surface area (Å²) in [6, 6.07) is 12.4. The summed E-state index contributed by atoms with van der Waals surface area (Å²) >= 11 is 3.26. The standard InChI is InChI=1S/C19H19BrFN5/c1-3-12(2)23-19-25-17(16-6-4-5-9-22-16)11-18(26-19)24-15-8-7-13(20)10-14(15)21/h4-12H,3H2,1-2H3,(H2,23,24,25,26)/t12-/m1/s1. The third-order valence-corrected chi connectivity index (χ3v) is 4.33. The van der Waals surface area contributed by atoms with Gasteiger partial charge in [0, 0.05) is 22.8 Å². The van der Waals surface area contributed by atoms with E-state index in [-0.39, 0.29) is 11.9 Å². The van der Waals surface area contributed by atoms with Crippen LogP contribution in [0.25, 0.3) is 11.4 Å². The van der Waals surface area contributed by atoms with Gasteiger partial charge in [-0.05, 0) is 43.7 Å². The van der Waals surface area contributed by atoms with Gasteiger partial charge in [-0.3, -0.25) is 4.98 Å². The zero-order chi connectivity index (χ0) is 18.5. The molecule has 134 valence electrons. The highest BCUT2D eigenvalue weighted by Crippen LogP contribution is 2.25. The highest BCUT2D eigenvalue weighted by molar-refractivity contribution is 9.10. The fourth-order valence-electron chi connectivity index (χ4n) is 2.27. The lowest BCUT2D eigenvalue weighted by Gasteiger charge is -2.14. The van der Waals surface area contributed by atoms with Gasteiger partial charge >= 0.3 is 0 Å². The first-order chi connectivity index (χ1) is 12.5. The molecule has 2 N–H and O–H groups in total. The molecule has 0 radical (unpaired) electrons. The van der Waals surface area contributed by atoms with E-state index in [2.05, 4.69) is 55.4 Å². The van der Waals surface area contributed by atoms with E-state index >= 15 is 0 Å². The first-order valence-electron chi connectivity index (χ1n) is 8.34. The van der Waals surface area contributed by atoms with Crippen LogP contribution in [0, 0.1) is 5.82 Å². The number of nitrogens with one attached hydrogen (secondary N) is 2. The van der Waals surface area contributed by atoms with Crippen molar-refractivity contribution in [3.05, 3.63) is 59.0 Å². The van der Waals surface area contributed by atoms with Gasteiger partial charge in [0.15, 0.2) is 0 Å². The van der Waals surface area contributed by atoms with Crippen LogP contribution >= 0.6 is 15.9 Å². The number of aromatic nitrogens is 3. The maximum Gasteiger partial charge on any atom is 0.225 e. The number of pyridine rings is 1. The van der Waals surface area contributed by atoms with E-state index in [0.29, 0.717) is 27.6 Å². The molecule has 0 fully saturated rings. The van der Waals surface area contributed by atoms with Crippen LogP contribution in [0.15, 0.2) is 53.1 Å². The van der Waals surface area contributed by atoms with E-state index in [0.717, 1.165) is 12.1 Å². The quantitative estimate of drug-likeness (QED) is 0.564. The zero-order valence-electron chi connectivity index (χ0n) is 14.5. The number of anilines is 3. The van der Waals surface area contributed by atoms with E-state index in [1.54, 1.807) is 24.4 Å². The first-order valence-corrected chi connectivity index (χ1v) is 9.13. The van der Waals surface area contributed by atoms with Gasteiger partial charge in [-0.1, -0.05) is 28.9 Å². The molecule has 5 nitrogen and oxygen atoms in total. The average molecular weight is 416 g/mol. The molecule has 0 saturated heterocycles. The maximum absolute atomic E-state index is 14.2. The van der Waals surface area contributed by atoms with Crippen molar-refractivity contribution in [1.29, 1.82) is 0 Å². The van der Waals surface area contributed by atoms with Crippen LogP contribution in [0.3, 0.4) is 0 Å². The van der Waals surface area contributed by atoms with Crippen molar-refractivity contribution in [3.63, 3.8) is 0 Å². The molecule has 0 spiro atoms. The van der Waals surface area contributed by atoms with Gasteiger partial charge < -0.3 is 10.6 Å². The number of hydrogen-bond acceptors (Lipinski definition) is 5. The van der Waals surface area contributed by atoms with Crippen molar-refractivity contribution in [1.82, 2.24) is 15.0 Å². The lowest BCUT2D eigenvalue weighted by atomic mass is 10.2. The Kier molecular flexibility index (Phi) is 5.78. The third kappa shape index (κ3) is 4.54. The molecule has 2 heterocycles. The molecule has 7 heteroatoms. The Morgan fingerprint density at radius 2 is 1.96 bits per heavy atom. The maximum atomic E-state index is 14.2. The van der Waals surface area contributed by atoms with E-state index in [9.17, 15) is 4.39 Å². The number of hydrogen-bond donors (Lipinski definition) is 2. The van der Waals surface area contributed by atoms with E-state index in [1.165, 1.54) is 6.07 Å². The second-order valence-electron chi connectivity index (χ2n) is 5.88. The molecule has 0 saturated carbocycles. The highest BCUT2D eigenvalue weighted by atomic mass is 79.9. The van der Waals surface area contributed by atoms with Crippen LogP contribution < -0.4 is 10.6 Å². The largest absolute Gasteiger partial charge is 0.352 e. The Balaban J connectivity index is 1.98. The Morgan fingerprint density at radius 1 is 1.12 bits per heavy atom. The van der Waals surface area contributed by atoms with E-state index < -0.39 is 0 Å². The Bertz CT molecular complexity index is 888. The Hall–Kier alpha value is -2.54. The summed E-state index contributed by atoms with van der Waals surface area (Å²) in [7, 11) is 0. The molecule has 2 aromatic heterocycles. The van der Waals surface area contributed by atoms with Gasteiger partial charge in [-0.15, -0.1) is 0 Å². The van der Waals surface area contributed by atoms with Crippen LogP contribution in [0.5, 0.6) is 0 Å². The molecule has 26 heavy (non-hydrogen) atoms. The molecule has 3 aromatic rings. The predicted molar refractivity (Wildman–Crippen MR) is 106 cm³/mol. The van der Waals surface area contributed by atoms with Crippen LogP contribution in [0.4, 0.5) is 21.8 Å². The minimum Gasteiger partial charge on any atom is -0.352 e. The minimum atomic E-state index is -0.367. The number of halogens is 2. The van der Waals surface area contributed by atoms with Crippen molar-refractivity contribution in [2.45, 2.75) is 26.3 Å². The number of rotatable bonds is 6. The molecule has 0 aliphatic heterocycles. The molecule has 1 aromatic carbocycles.